The Labute approximate surface area is 97.3 Å². The normalized spacial score (nSPS) is 14.8. The van der Waals surface area contributed by atoms with Gasteiger partial charge in [0.1, 0.15) is 0 Å². The highest BCUT2D eigenvalue weighted by atomic mass is 16.2. The number of carbonyl (C=O) groups is 1. The number of rotatable bonds is 5. The molecule has 1 aliphatic rings. The molecule has 0 radical (unpaired) electrons. The molecule has 1 aromatic rings. The zero-order valence-electron chi connectivity index (χ0n) is 9.86. The number of hydrogen-bond acceptors (Lipinski definition) is 1. The summed E-state index contributed by atoms with van der Waals surface area (Å²) in [5, 5.41) is 0. The number of hydrogen-bond donors (Lipinski definition) is 0. The highest BCUT2D eigenvalue weighted by molar-refractivity contribution is 5.94. The third-order valence-corrected chi connectivity index (χ3v) is 2.98. The van der Waals surface area contributed by atoms with Crippen LogP contribution in [-0.4, -0.2) is 23.9 Å². The van der Waals surface area contributed by atoms with E-state index in [0.29, 0.717) is 0 Å². The van der Waals surface area contributed by atoms with Gasteiger partial charge in [0.05, 0.1) is 0 Å². The standard InChI is InChI=1S/C14H19NO/c1-2-10-15(11-12-8-9-12)14(16)13-6-4-3-5-7-13/h3-7,12H,2,8-11H2,1H3. The minimum absolute atomic E-state index is 0.189. The second-order valence-corrected chi connectivity index (χ2v) is 4.56. The van der Waals surface area contributed by atoms with E-state index in [9.17, 15) is 4.79 Å². The van der Waals surface area contributed by atoms with Crippen molar-refractivity contribution in [3.8, 4) is 0 Å². The lowest BCUT2D eigenvalue weighted by Crippen LogP contribution is -2.33. The molecular weight excluding hydrogens is 198 g/mol. The summed E-state index contributed by atoms with van der Waals surface area (Å²) in [5.74, 6) is 0.952. The van der Waals surface area contributed by atoms with Crippen molar-refractivity contribution in [2.75, 3.05) is 13.1 Å². The van der Waals surface area contributed by atoms with Crippen LogP contribution in [0.25, 0.3) is 0 Å². The average molecular weight is 217 g/mol. The fourth-order valence-electron chi connectivity index (χ4n) is 1.92. The van der Waals surface area contributed by atoms with Gasteiger partial charge in [0, 0.05) is 18.7 Å². The first-order valence-corrected chi connectivity index (χ1v) is 6.15. The lowest BCUT2D eigenvalue weighted by molar-refractivity contribution is 0.0747. The minimum atomic E-state index is 0.189. The summed E-state index contributed by atoms with van der Waals surface area (Å²) in [7, 11) is 0. The molecule has 1 fully saturated rings. The summed E-state index contributed by atoms with van der Waals surface area (Å²) in [5.41, 5.74) is 0.816. The van der Waals surface area contributed by atoms with Crippen molar-refractivity contribution < 1.29 is 4.79 Å². The van der Waals surface area contributed by atoms with Crippen molar-refractivity contribution in [1.82, 2.24) is 4.90 Å². The SMILES string of the molecule is CCCN(CC1CC1)C(=O)c1ccccc1. The molecule has 1 amide bonds. The third-order valence-electron chi connectivity index (χ3n) is 2.98. The summed E-state index contributed by atoms with van der Waals surface area (Å²) in [6.07, 6.45) is 3.62. The molecule has 2 nitrogen and oxygen atoms in total. The van der Waals surface area contributed by atoms with Gasteiger partial charge in [-0.3, -0.25) is 4.79 Å². The van der Waals surface area contributed by atoms with Gasteiger partial charge in [-0.25, -0.2) is 0 Å². The first-order chi connectivity index (χ1) is 7.81. The Morgan fingerprint density at radius 1 is 1.31 bits per heavy atom. The maximum atomic E-state index is 12.2. The summed E-state index contributed by atoms with van der Waals surface area (Å²) in [6.45, 7) is 3.95. The van der Waals surface area contributed by atoms with Crippen molar-refractivity contribution in [2.45, 2.75) is 26.2 Å². The van der Waals surface area contributed by atoms with Gasteiger partial charge < -0.3 is 4.90 Å². The predicted octanol–water partition coefficient (Wildman–Crippen LogP) is 2.95. The van der Waals surface area contributed by atoms with Gasteiger partial charge in [0.2, 0.25) is 0 Å². The van der Waals surface area contributed by atoms with Crippen LogP contribution < -0.4 is 0 Å². The van der Waals surface area contributed by atoms with E-state index >= 15 is 0 Å². The number of amides is 1. The molecule has 0 saturated heterocycles. The van der Waals surface area contributed by atoms with E-state index in [2.05, 4.69) is 6.92 Å². The van der Waals surface area contributed by atoms with Crippen LogP contribution in [0.2, 0.25) is 0 Å². The second kappa shape index (κ2) is 5.15. The fraction of sp³-hybridized carbons (Fsp3) is 0.500. The maximum Gasteiger partial charge on any atom is 0.253 e. The molecule has 2 heteroatoms. The quantitative estimate of drug-likeness (QED) is 0.742. The molecule has 1 aliphatic carbocycles. The van der Waals surface area contributed by atoms with E-state index in [4.69, 9.17) is 0 Å². The zero-order chi connectivity index (χ0) is 11.4. The van der Waals surface area contributed by atoms with Crippen LogP contribution in [0.3, 0.4) is 0 Å². The summed E-state index contributed by atoms with van der Waals surface area (Å²) in [6, 6.07) is 9.60. The van der Waals surface area contributed by atoms with Crippen molar-refractivity contribution in [2.24, 2.45) is 5.92 Å². The number of benzene rings is 1. The molecular formula is C14H19NO. The van der Waals surface area contributed by atoms with Crippen LogP contribution in [0.15, 0.2) is 30.3 Å². The molecule has 1 aromatic carbocycles. The fourth-order valence-corrected chi connectivity index (χ4v) is 1.92. The van der Waals surface area contributed by atoms with Crippen molar-refractivity contribution in [1.29, 1.82) is 0 Å². The minimum Gasteiger partial charge on any atom is -0.338 e. The third kappa shape index (κ3) is 2.84. The summed E-state index contributed by atoms with van der Waals surface area (Å²) in [4.78, 5) is 14.2. The molecule has 0 bridgehead atoms. The highest BCUT2D eigenvalue weighted by Gasteiger charge is 2.26. The van der Waals surface area contributed by atoms with Crippen LogP contribution in [0.4, 0.5) is 0 Å². The largest absolute Gasteiger partial charge is 0.338 e. The Hall–Kier alpha value is -1.31. The molecule has 2 rings (SSSR count). The van der Waals surface area contributed by atoms with E-state index in [1.54, 1.807) is 0 Å². The van der Waals surface area contributed by atoms with Crippen LogP contribution in [0, 0.1) is 5.92 Å². The van der Waals surface area contributed by atoms with E-state index < -0.39 is 0 Å². The predicted molar refractivity (Wildman–Crippen MR) is 65.4 cm³/mol. The summed E-state index contributed by atoms with van der Waals surface area (Å²) >= 11 is 0. The van der Waals surface area contributed by atoms with E-state index in [-0.39, 0.29) is 5.91 Å². The molecule has 86 valence electrons. The number of carbonyl (C=O) groups excluding carboxylic acids is 1. The molecule has 0 heterocycles. The molecule has 0 aromatic heterocycles. The average Bonchev–Trinajstić information content (AvgIpc) is 3.13. The van der Waals surface area contributed by atoms with E-state index in [0.717, 1.165) is 31.0 Å². The molecule has 0 spiro atoms. The van der Waals surface area contributed by atoms with E-state index in [1.165, 1.54) is 12.8 Å². The summed E-state index contributed by atoms with van der Waals surface area (Å²) < 4.78 is 0. The van der Waals surface area contributed by atoms with Gasteiger partial charge >= 0.3 is 0 Å². The van der Waals surface area contributed by atoms with Crippen LogP contribution in [0.1, 0.15) is 36.5 Å². The Bertz CT molecular complexity index is 343. The van der Waals surface area contributed by atoms with Crippen molar-refractivity contribution in [3.05, 3.63) is 35.9 Å². The van der Waals surface area contributed by atoms with Crippen molar-refractivity contribution in [3.63, 3.8) is 0 Å². The first kappa shape index (κ1) is 11.2. The van der Waals surface area contributed by atoms with Gasteiger partial charge in [0.25, 0.3) is 5.91 Å². The molecule has 0 unspecified atom stereocenters. The topological polar surface area (TPSA) is 20.3 Å². The van der Waals surface area contributed by atoms with Crippen LogP contribution in [-0.2, 0) is 0 Å². The van der Waals surface area contributed by atoms with Gasteiger partial charge in [-0.2, -0.15) is 0 Å². The lowest BCUT2D eigenvalue weighted by atomic mass is 10.2. The molecule has 0 aliphatic heterocycles. The highest BCUT2D eigenvalue weighted by Crippen LogP contribution is 2.30. The first-order valence-electron chi connectivity index (χ1n) is 6.15. The maximum absolute atomic E-state index is 12.2. The van der Waals surface area contributed by atoms with Gasteiger partial charge in [0.15, 0.2) is 0 Å². The van der Waals surface area contributed by atoms with Gasteiger partial charge in [-0.15, -0.1) is 0 Å². The zero-order valence-corrected chi connectivity index (χ0v) is 9.86. The van der Waals surface area contributed by atoms with E-state index in [1.807, 2.05) is 35.2 Å². The molecule has 0 N–H and O–H groups in total. The molecule has 16 heavy (non-hydrogen) atoms. The smallest absolute Gasteiger partial charge is 0.253 e. The Balaban J connectivity index is 2.03. The van der Waals surface area contributed by atoms with Gasteiger partial charge in [-0.05, 0) is 37.3 Å². The van der Waals surface area contributed by atoms with Crippen molar-refractivity contribution >= 4 is 5.91 Å². The second-order valence-electron chi connectivity index (χ2n) is 4.56. The monoisotopic (exact) mass is 217 g/mol. The number of nitrogens with zero attached hydrogens (tertiary/aromatic N) is 1. The Morgan fingerprint density at radius 3 is 2.56 bits per heavy atom. The lowest BCUT2D eigenvalue weighted by Gasteiger charge is -2.22. The van der Waals surface area contributed by atoms with Crippen LogP contribution in [0.5, 0.6) is 0 Å². The Kier molecular flexibility index (Phi) is 3.60. The Morgan fingerprint density at radius 2 is 2.00 bits per heavy atom. The van der Waals surface area contributed by atoms with Crippen LogP contribution >= 0.6 is 0 Å². The van der Waals surface area contributed by atoms with Gasteiger partial charge in [-0.1, -0.05) is 25.1 Å². The molecule has 1 saturated carbocycles. The molecule has 0 atom stereocenters.